The van der Waals surface area contributed by atoms with Gasteiger partial charge in [0.25, 0.3) is 0 Å². The molecule has 25 heavy (non-hydrogen) atoms. The minimum absolute atomic E-state index is 0.287. The number of aliphatic hydroxyl groups excluding tert-OH is 1. The van der Waals surface area contributed by atoms with E-state index in [0.29, 0.717) is 46.1 Å². The van der Waals surface area contributed by atoms with Crippen LogP contribution in [0, 0.1) is 18.2 Å². The molecule has 130 valence electrons. The number of halogens is 2. The lowest BCUT2D eigenvalue weighted by Crippen LogP contribution is -2.14. The molecule has 0 bridgehead atoms. The second kappa shape index (κ2) is 8.61. The van der Waals surface area contributed by atoms with E-state index in [4.69, 9.17) is 18.0 Å². The van der Waals surface area contributed by atoms with Crippen molar-refractivity contribution in [1.82, 2.24) is 5.01 Å². The van der Waals surface area contributed by atoms with Crippen molar-refractivity contribution in [3.63, 3.8) is 0 Å². The lowest BCUT2D eigenvalue weighted by molar-refractivity contribution is 0.282. The molecule has 6 heteroatoms. The van der Waals surface area contributed by atoms with Crippen molar-refractivity contribution in [1.29, 1.82) is 0 Å². The molecule has 1 N–H and O–H groups in total. The van der Waals surface area contributed by atoms with E-state index in [-0.39, 0.29) is 6.61 Å². The molecule has 0 aromatic heterocycles. The van der Waals surface area contributed by atoms with Gasteiger partial charge >= 0.3 is 0 Å². The Kier molecular flexibility index (Phi) is 6.51. The molecular formula is C19H19ClFN3O. The molecule has 2 rings (SSSR count). The smallest absolute Gasteiger partial charge is 0.123 e. The third kappa shape index (κ3) is 4.16. The summed E-state index contributed by atoms with van der Waals surface area (Å²) >= 11 is 6.24. The van der Waals surface area contributed by atoms with Gasteiger partial charge in [0.15, 0.2) is 0 Å². The molecule has 2 aromatic carbocycles. The van der Waals surface area contributed by atoms with Crippen LogP contribution in [0.2, 0.25) is 5.02 Å². The largest absolute Gasteiger partial charge is 0.392 e. The molecule has 0 saturated carbocycles. The van der Waals surface area contributed by atoms with Crippen LogP contribution in [-0.4, -0.2) is 23.2 Å². The van der Waals surface area contributed by atoms with Gasteiger partial charge in [0.05, 0.1) is 17.2 Å². The van der Waals surface area contributed by atoms with Gasteiger partial charge in [-0.25, -0.2) is 4.39 Å². The highest BCUT2D eigenvalue weighted by atomic mass is 35.5. The van der Waals surface area contributed by atoms with Gasteiger partial charge in [-0.3, -0.25) is 5.01 Å². The summed E-state index contributed by atoms with van der Waals surface area (Å²) in [5, 5.41) is 20.3. The van der Waals surface area contributed by atoms with E-state index >= 15 is 0 Å². The Morgan fingerprint density at radius 1 is 1.28 bits per heavy atom. The van der Waals surface area contributed by atoms with Gasteiger partial charge in [-0.05, 0) is 43.2 Å². The molecule has 2 aromatic rings. The van der Waals surface area contributed by atoms with Crippen LogP contribution in [0.25, 0.3) is 11.1 Å². The van der Waals surface area contributed by atoms with Crippen molar-refractivity contribution < 1.29 is 9.50 Å². The first-order valence-electron chi connectivity index (χ1n) is 7.91. The molecule has 0 amide bonds. The van der Waals surface area contributed by atoms with E-state index < -0.39 is 5.82 Å². The van der Waals surface area contributed by atoms with E-state index in [1.54, 1.807) is 23.2 Å². The first-order valence-corrected chi connectivity index (χ1v) is 8.28. The average Bonchev–Trinajstić information content (AvgIpc) is 2.62. The predicted molar refractivity (Wildman–Crippen MR) is 98.1 cm³/mol. The van der Waals surface area contributed by atoms with Crippen molar-refractivity contribution in [3.8, 4) is 23.5 Å². The molecule has 0 aliphatic carbocycles. The lowest BCUT2D eigenvalue weighted by Gasteiger charge is -2.16. The molecule has 0 aliphatic rings. The Labute approximate surface area is 151 Å². The topological polar surface area (TPSA) is 48.2 Å². The summed E-state index contributed by atoms with van der Waals surface area (Å²) in [5.41, 5.74) is 2.27. The standard InChI is InChI=1S/C19H19ClFN3O/c1-4-16-17(20)11-14(12-25)18(13-8-7-9-15(21)10-13)19(16)22-23-24(5-2)6-3/h1,7-11,25H,5-6,12H2,2-3H3. The van der Waals surface area contributed by atoms with E-state index in [9.17, 15) is 9.50 Å². The van der Waals surface area contributed by atoms with Gasteiger partial charge < -0.3 is 5.11 Å². The van der Waals surface area contributed by atoms with E-state index in [2.05, 4.69) is 16.3 Å². The second-order valence-corrected chi connectivity index (χ2v) is 5.66. The van der Waals surface area contributed by atoms with Gasteiger partial charge in [-0.2, -0.15) is 0 Å². The molecule has 0 spiro atoms. The van der Waals surface area contributed by atoms with E-state index in [1.807, 2.05) is 13.8 Å². The summed E-state index contributed by atoms with van der Waals surface area (Å²) in [6.45, 7) is 4.97. The minimum atomic E-state index is -0.398. The highest BCUT2D eigenvalue weighted by Gasteiger charge is 2.18. The number of benzene rings is 2. The Hall–Kier alpha value is -2.42. The highest BCUT2D eigenvalue weighted by Crippen LogP contribution is 2.40. The highest BCUT2D eigenvalue weighted by molar-refractivity contribution is 6.32. The summed E-state index contributed by atoms with van der Waals surface area (Å²) in [5.74, 6) is 2.12. The van der Waals surface area contributed by atoms with Crippen LogP contribution in [-0.2, 0) is 6.61 Å². The Morgan fingerprint density at radius 2 is 2.00 bits per heavy atom. The zero-order valence-electron chi connectivity index (χ0n) is 14.1. The van der Waals surface area contributed by atoms with Crippen LogP contribution in [0.5, 0.6) is 0 Å². The van der Waals surface area contributed by atoms with Crippen LogP contribution in [0.15, 0.2) is 40.7 Å². The molecule has 4 nitrogen and oxygen atoms in total. The van der Waals surface area contributed by atoms with Crippen LogP contribution in [0.4, 0.5) is 10.1 Å². The van der Waals surface area contributed by atoms with Crippen molar-refractivity contribution in [2.75, 3.05) is 13.1 Å². The van der Waals surface area contributed by atoms with Crippen molar-refractivity contribution in [2.24, 2.45) is 10.3 Å². The average molecular weight is 360 g/mol. The summed E-state index contributed by atoms with van der Waals surface area (Å²) < 4.78 is 13.7. The van der Waals surface area contributed by atoms with E-state index in [1.165, 1.54) is 12.1 Å². The minimum Gasteiger partial charge on any atom is -0.392 e. The van der Waals surface area contributed by atoms with Crippen LogP contribution in [0.3, 0.4) is 0 Å². The Morgan fingerprint density at radius 3 is 2.56 bits per heavy atom. The maximum Gasteiger partial charge on any atom is 0.123 e. The van der Waals surface area contributed by atoms with Gasteiger partial charge in [0.1, 0.15) is 11.5 Å². The van der Waals surface area contributed by atoms with Crippen molar-refractivity contribution in [3.05, 3.63) is 52.3 Å². The fourth-order valence-corrected chi connectivity index (χ4v) is 2.75. The fourth-order valence-electron chi connectivity index (χ4n) is 2.47. The maximum absolute atomic E-state index is 13.7. The van der Waals surface area contributed by atoms with Crippen molar-refractivity contribution >= 4 is 17.3 Å². The van der Waals surface area contributed by atoms with Crippen LogP contribution < -0.4 is 0 Å². The number of nitrogens with zero attached hydrogens (tertiary/aromatic N) is 3. The quantitative estimate of drug-likeness (QED) is 0.450. The fraction of sp³-hybridized carbons (Fsp3) is 0.263. The normalized spacial score (nSPS) is 10.9. The maximum atomic E-state index is 13.7. The summed E-state index contributed by atoms with van der Waals surface area (Å²) in [6.07, 6.45) is 5.60. The Bertz CT molecular complexity index is 826. The van der Waals surface area contributed by atoms with Crippen LogP contribution in [0.1, 0.15) is 25.0 Å². The Balaban J connectivity index is 2.77. The van der Waals surface area contributed by atoms with Gasteiger partial charge in [-0.15, -0.1) is 11.5 Å². The zero-order valence-corrected chi connectivity index (χ0v) is 14.9. The second-order valence-electron chi connectivity index (χ2n) is 5.26. The molecule has 0 atom stereocenters. The van der Waals surface area contributed by atoms with Crippen molar-refractivity contribution in [2.45, 2.75) is 20.5 Å². The van der Waals surface area contributed by atoms with Gasteiger partial charge in [0, 0.05) is 18.7 Å². The molecule has 0 fully saturated rings. The third-order valence-electron chi connectivity index (χ3n) is 3.76. The zero-order chi connectivity index (χ0) is 18.4. The van der Waals surface area contributed by atoms with Gasteiger partial charge in [-0.1, -0.05) is 34.9 Å². The molecular weight excluding hydrogens is 341 g/mol. The first-order chi connectivity index (χ1) is 12.0. The number of aliphatic hydroxyl groups is 1. The molecule has 0 heterocycles. The third-order valence-corrected chi connectivity index (χ3v) is 4.06. The monoisotopic (exact) mass is 359 g/mol. The molecule has 0 aliphatic heterocycles. The lowest BCUT2D eigenvalue weighted by atomic mass is 9.95. The molecule has 0 saturated heterocycles. The molecule has 0 radical (unpaired) electrons. The number of terminal acetylenes is 1. The first kappa shape index (κ1) is 18.9. The molecule has 0 unspecified atom stereocenters. The number of rotatable bonds is 6. The van der Waals surface area contributed by atoms with E-state index in [0.717, 1.165) is 0 Å². The number of hydrogen-bond acceptors (Lipinski definition) is 3. The van der Waals surface area contributed by atoms with Crippen LogP contribution >= 0.6 is 11.6 Å². The number of hydrogen-bond donors (Lipinski definition) is 1. The summed E-state index contributed by atoms with van der Waals surface area (Å²) in [7, 11) is 0. The summed E-state index contributed by atoms with van der Waals surface area (Å²) in [4.78, 5) is 0. The predicted octanol–water partition coefficient (Wildman–Crippen LogP) is 4.96. The van der Waals surface area contributed by atoms with Gasteiger partial charge in [0.2, 0.25) is 0 Å². The SMILES string of the molecule is C#Cc1c(Cl)cc(CO)c(-c2cccc(F)c2)c1N=NN(CC)CC. The summed E-state index contributed by atoms with van der Waals surface area (Å²) in [6, 6.07) is 7.59.